The second kappa shape index (κ2) is 7.36. The number of aryl methyl sites for hydroxylation is 1. The molecule has 0 fully saturated rings. The van der Waals surface area contributed by atoms with Crippen LogP contribution in [0, 0.1) is 5.92 Å². The van der Waals surface area contributed by atoms with Gasteiger partial charge < -0.3 is 4.90 Å². The number of amides is 3. The lowest BCUT2D eigenvalue weighted by atomic mass is 9.90. The van der Waals surface area contributed by atoms with Crippen molar-refractivity contribution >= 4 is 34.6 Å². The van der Waals surface area contributed by atoms with Gasteiger partial charge >= 0.3 is 6.03 Å². The minimum atomic E-state index is -0.329. The van der Waals surface area contributed by atoms with Gasteiger partial charge in [-0.25, -0.2) is 10.2 Å². The number of fused-ring (bicyclic) bond motifs is 1. The van der Waals surface area contributed by atoms with Crippen molar-refractivity contribution in [2.75, 3.05) is 7.05 Å². The van der Waals surface area contributed by atoms with Crippen LogP contribution in [0.1, 0.15) is 39.0 Å². The first-order valence-electron chi connectivity index (χ1n) is 7.97. The maximum atomic E-state index is 12.3. The van der Waals surface area contributed by atoms with E-state index in [9.17, 15) is 9.59 Å². The molecule has 1 atom stereocenters. The molecular weight excluding hydrogens is 342 g/mol. The Hall–Kier alpha value is -1.86. The van der Waals surface area contributed by atoms with Gasteiger partial charge in [0.15, 0.2) is 0 Å². The summed E-state index contributed by atoms with van der Waals surface area (Å²) >= 11 is 3.13. The highest BCUT2D eigenvalue weighted by atomic mass is 32.1. The van der Waals surface area contributed by atoms with Gasteiger partial charge in [0.2, 0.25) is 0 Å². The third-order valence-electron chi connectivity index (χ3n) is 4.18. The predicted molar refractivity (Wildman–Crippen MR) is 97.3 cm³/mol. The lowest BCUT2D eigenvalue weighted by Crippen LogP contribution is -2.47. The number of hydrazine groups is 1. The lowest BCUT2D eigenvalue weighted by Gasteiger charge is -2.17. The fourth-order valence-electron chi connectivity index (χ4n) is 2.81. The molecule has 7 heteroatoms. The summed E-state index contributed by atoms with van der Waals surface area (Å²) in [5.74, 6) is 0.424. The number of urea groups is 1. The van der Waals surface area contributed by atoms with E-state index in [4.69, 9.17) is 0 Å². The summed E-state index contributed by atoms with van der Waals surface area (Å²) in [6.45, 7) is 2.75. The van der Waals surface area contributed by atoms with Gasteiger partial charge in [-0.2, -0.15) is 11.3 Å². The van der Waals surface area contributed by atoms with Crippen LogP contribution >= 0.6 is 22.7 Å². The molecule has 0 aromatic carbocycles. The van der Waals surface area contributed by atoms with Gasteiger partial charge in [-0.05, 0) is 59.2 Å². The molecule has 2 aromatic heterocycles. The van der Waals surface area contributed by atoms with E-state index in [0.717, 1.165) is 18.4 Å². The molecule has 0 radical (unpaired) electrons. The third kappa shape index (κ3) is 3.96. The second-order valence-electron chi connectivity index (χ2n) is 6.28. The molecule has 0 bridgehead atoms. The van der Waals surface area contributed by atoms with Crippen molar-refractivity contribution in [1.82, 2.24) is 15.8 Å². The Morgan fingerprint density at radius 2 is 2.21 bits per heavy atom. The molecule has 0 spiro atoms. The maximum absolute atomic E-state index is 12.3. The largest absolute Gasteiger partial charge is 0.336 e. The van der Waals surface area contributed by atoms with Crippen LogP contribution in [0.25, 0.3) is 0 Å². The molecule has 2 N–H and O–H groups in total. The standard InChI is InChI=1S/C17H21N3O2S2/c1-11-3-4-14-13(7-11)8-15(24-14)16(21)18-19-17(22)20(2)9-12-5-6-23-10-12/h5-6,8,10-11H,3-4,7,9H2,1-2H3,(H,18,21)(H,19,22)/t11-/m1/s1. The molecule has 3 amide bonds. The Labute approximate surface area is 149 Å². The van der Waals surface area contributed by atoms with E-state index >= 15 is 0 Å². The Morgan fingerprint density at radius 1 is 1.38 bits per heavy atom. The van der Waals surface area contributed by atoms with E-state index in [-0.39, 0.29) is 11.9 Å². The number of hydrogen-bond donors (Lipinski definition) is 2. The zero-order valence-electron chi connectivity index (χ0n) is 13.8. The highest BCUT2D eigenvalue weighted by molar-refractivity contribution is 7.14. The number of rotatable bonds is 3. The van der Waals surface area contributed by atoms with Gasteiger partial charge in [0.05, 0.1) is 4.88 Å². The van der Waals surface area contributed by atoms with Crippen LogP contribution in [0.3, 0.4) is 0 Å². The molecule has 1 aliphatic rings. The van der Waals surface area contributed by atoms with Gasteiger partial charge in [-0.15, -0.1) is 11.3 Å². The van der Waals surface area contributed by atoms with Gasteiger partial charge in [0, 0.05) is 18.5 Å². The summed E-state index contributed by atoms with van der Waals surface area (Å²) in [5.41, 5.74) is 7.35. The minimum absolute atomic E-state index is 0.251. The molecule has 24 heavy (non-hydrogen) atoms. The van der Waals surface area contributed by atoms with Crippen molar-refractivity contribution in [3.8, 4) is 0 Å². The molecule has 0 aliphatic heterocycles. The molecule has 5 nitrogen and oxygen atoms in total. The molecule has 2 aromatic rings. The highest BCUT2D eigenvalue weighted by Gasteiger charge is 2.21. The normalized spacial score (nSPS) is 16.3. The SMILES string of the molecule is C[C@@H]1CCc2sc(C(=O)NNC(=O)N(C)Cc3ccsc3)cc2C1. The van der Waals surface area contributed by atoms with Gasteiger partial charge in [0.25, 0.3) is 5.91 Å². The zero-order valence-corrected chi connectivity index (χ0v) is 15.4. The van der Waals surface area contributed by atoms with Crippen molar-refractivity contribution in [3.63, 3.8) is 0 Å². The van der Waals surface area contributed by atoms with Crippen LogP contribution in [0.2, 0.25) is 0 Å². The van der Waals surface area contributed by atoms with Crippen molar-refractivity contribution in [1.29, 1.82) is 0 Å². The van der Waals surface area contributed by atoms with Gasteiger partial charge in [-0.1, -0.05) is 6.92 Å². The number of carbonyl (C=O) groups is 2. The third-order valence-corrected chi connectivity index (χ3v) is 6.15. The fraction of sp³-hybridized carbons (Fsp3) is 0.412. The average Bonchev–Trinajstić information content (AvgIpc) is 3.20. The second-order valence-corrected chi connectivity index (χ2v) is 8.20. The first-order valence-corrected chi connectivity index (χ1v) is 9.73. The van der Waals surface area contributed by atoms with E-state index in [1.54, 1.807) is 18.4 Å². The van der Waals surface area contributed by atoms with E-state index < -0.39 is 0 Å². The summed E-state index contributed by atoms with van der Waals surface area (Å²) in [4.78, 5) is 27.8. The fourth-order valence-corrected chi connectivity index (χ4v) is 4.58. The summed E-state index contributed by atoms with van der Waals surface area (Å²) in [7, 11) is 1.70. The number of carbonyl (C=O) groups excluding carboxylic acids is 2. The first-order chi connectivity index (χ1) is 11.5. The van der Waals surface area contributed by atoms with Crippen molar-refractivity contribution in [2.24, 2.45) is 5.92 Å². The van der Waals surface area contributed by atoms with Crippen molar-refractivity contribution < 1.29 is 9.59 Å². The van der Waals surface area contributed by atoms with E-state index in [0.29, 0.717) is 17.3 Å². The van der Waals surface area contributed by atoms with Crippen LogP contribution < -0.4 is 10.9 Å². The molecule has 1 aliphatic carbocycles. The molecule has 0 saturated heterocycles. The first kappa shape index (κ1) is 17.0. The van der Waals surface area contributed by atoms with Crippen LogP contribution in [0.15, 0.2) is 22.9 Å². The topological polar surface area (TPSA) is 61.4 Å². The van der Waals surface area contributed by atoms with Gasteiger partial charge in [0.1, 0.15) is 0 Å². The monoisotopic (exact) mass is 363 g/mol. The average molecular weight is 364 g/mol. The summed E-state index contributed by atoms with van der Waals surface area (Å²) < 4.78 is 0. The molecule has 128 valence electrons. The zero-order chi connectivity index (χ0) is 17.1. The number of hydrogen-bond acceptors (Lipinski definition) is 4. The van der Waals surface area contributed by atoms with Crippen LogP contribution in [-0.2, 0) is 19.4 Å². The van der Waals surface area contributed by atoms with E-state index in [1.165, 1.54) is 33.1 Å². The van der Waals surface area contributed by atoms with Crippen LogP contribution in [0.4, 0.5) is 4.79 Å². The van der Waals surface area contributed by atoms with E-state index in [1.807, 2.05) is 22.9 Å². The summed E-state index contributed by atoms with van der Waals surface area (Å²) in [6.07, 6.45) is 3.26. The number of nitrogens with one attached hydrogen (secondary N) is 2. The highest BCUT2D eigenvalue weighted by Crippen LogP contribution is 2.32. The molecular formula is C17H21N3O2S2. The quantitative estimate of drug-likeness (QED) is 0.821. The lowest BCUT2D eigenvalue weighted by molar-refractivity contribution is 0.0935. The molecule has 0 saturated carbocycles. The smallest absolute Gasteiger partial charge is 0.322 e. The maximum Gasteiger partial charge on any atom is 0.336 e. The molecule has 0 unspecified atom stereocenters. The van der Waals surface area contributed by atoms with Crippen LogP contribution in [-0.4, -0.2) is 23.9 Å². The molecule has 2 heterocycles. The van der Waals surface area contributed by atoms with Crippen molar-refractivity contribution in [2.45, 2.75) is 32.7 Å². The minimum Gasteiger partial charge on any atom is -0.322 e. The Morgan fingerprint density at radius 3 is 2.96 bits per heavy atom. The predicted octanol–water partition coefficient (Wildman–Crippen LogP) is 3.42. The Kier molecular flexibility index (Phi) is 5.20. The Bertz CT molecular complexity index is 724. The van der Waals surface area contributed by atoms with Crippen molar-refractivity contribution in [3.05, 3.63) is 43.8 Å². The van der Waals surface area contributed by atoms with Crippen LogP contribution in [0.5, 0.6) is 0 Å². The summed E-state index contributed by atoms with van der Waals surface area (Å²) in [6, 6.07) is 3.61. The summed E-state index contributed by atoms with van der Waals surface area (Å²) in [5, 5.41) is 3.97. The van der Waals surface area contributed by atoms with Gasteiger partial charge in [-0.3, -0.25) is 10.2 Å². The number of thiophene rings is 2. The Balaban J connectivity index is 1.52. The number of nitrogens with zero attached hydrogens (tertiary/aromatic N) is 1. The molecule has 3 rings (SSSR count). The van der Waals surface area contributed by atoms with E-state index in [2.05, 4.69) is 17.8 Å².